The van der Waals surface area contributed by atoms with Gasteiger partial charge in [-0.05, 0) is 36.2 Å². The van der Waals surface area contributed by atoms with Crippen molar-refractivity contribution in [2.45, 2.75) is 26.2 Å². The van der Waals surface area contributed by atoms with E-state index in [0.29, 0.717) is 6.42 Å². The number of hydrogen-bond donors (Lipinski definition) is 0. The molecule has 1 aliphatic rings. The Morgan fingerprint density at radius 1 is 1.19 bits per heavy atom. The predicted molar refractivity (Wildman–Crippen MR) is 83.3 cm³/mol. The first kappa shape index (κ1) is 13.5. The summed E-state index contributed by atoms with van der Waals surface area (Å²) < 4.78 is 0. The maximum absolute atomic E-state index is 12.2. The molecule has 0 saturated heterocycles. The van der Waals surface area contributed by atoms with Gasteiger partial charge in [0.05, 0.1) is 17.8 Å². The van der Waals surface area contributed by atoms with E-state index in [0.717, 1.165) is 29.8 Å². The van der Waals surface area contributed by atoms with Crippen molar-refractivity contribution in [2.24, 2.45) is 5.10 Å². The highest BCUT2D eigenvalue weighted by atomic mass is 16.2. The molecule has 0 saturated carbocycles. The van der Waals surface area contributed by atoms with Gasteiger partial charge in [-0.2, -0.15) is 5.10 Å². The van der Waals surface area contributed by atoms with Crippen LogP contribution >= 0.6 is 0 Å². The molecule has 0 N–H and O–H groups in total. The first-order chi connectivity index (χ1) is 10.3. The lowest BCUT2D eigenvalue weighted by molar-refractivity contribution is -0.116. The fraction of sp³-hybridized carbons (Fsp3) is 0.235. The minimum Gasteiger partial charge on any atom is -0.272 e. The summed E-state index contributed by atoms with van der Waals surface area (Å²) in [5, 5.41) is 5.93. The molecule has 1 amide bonds. The van der Waals surface area contributed by atoms with Gasteiger partial charge in [-0.25, -0.2) is 5.01 Å². The van der Waals surface area contributed by atoms with E-state index >= 15 is 0 Å². The van der Waals surface area contributed by atoms with Crippen LogP contribution in [-0.4, -0.2) is 16.6 Å². The molecule has 0 bridgehead atoms. The second kappa shape index (κ2) is 5.87. The van der Waals surface area contributed by atoms with Crippen LogP contribution in [0.5, 0.6) is 0 Å². The van der Waals surface area contributed by atoms with E-state index in [1.165, 1.54) is 10.6 Å². The highest BCUT2D eigenvalue weighted by Crippen LogP contribution is 2.23. The molecule has 2 heterocycles. The average molecular weight is 279 g/mol. The molecule has 3 rings (SSSR count). The summed E-state index contributed by atoms with van der Waals surface area (Å²) in [6.07, 6.45) is 5.94. The molecule has 0 atom stereocenters. The molecule has 4 nitrogen and oxygen atoms in total. The Morgan fingerprint density at radius 2 is 2.00 bits per heavy atom. The van der Waals surface area contributed by atoms with E-state index < -0.39 is 0 Å². The van der Waals surface area contributed by atoms with Crippen LogP contribution in [0.3, 0.4) is 0 Å². The number of carbonyl (C=O) groups excluding carboxylic acids is 1. The quantitative estimate of drug-likeness (QED) is 0.863. The van der Waals surface area contributed by atoms with Crippen LogP contribution in [0.25, 0.3) is 0 Å². The third-order valence-electron chi connectivity index (χ3n) is 3.49. The van der Waals surface area contributed by atoms with E-state index in [2.05, 4.69) is 29.1 Å². The number of rotatable bonds is 4. The Hall–Kier alpha value is -2.49. The van der Waals surface area contributed by atoms with Gasteiger partial charge in [0.15, 0.2) is 0 Å². The van der Waals surface area contributed by atoms with Gasteiger partial charge in [0.25, 0.3) is 5.91 Å². The maximum atomic E-state index is 12.2. The zero-order valence-electron chi connectivity index (χ0n) is 12.0. The summed E-state index contributed by atoms with van der Waals surface area (Å²) in [7, 11) is 0. The number of carbonyl (C=O) groups is 1. The van der Waals surface area contributed by atoms with Crippen LogP contribution in [0.2, 0.25) is 0 Å². The number of hydrogen-bond acceptors (Lipinski definition) is 3. The SMILES string of the molecule is CCCc1ccc(N2N=C(c3cccnc3)CC2=O)cc1. The van der Waals surface area contributed by atoms with Crippen molar-refractivity contribution in [1.82, 2.24) is 4.98 Å². The fourth-order valence-corrected chi connectivity index (χ4v) is 2.42. The van der Waals surface area contributed by atoms with Crippen molar-refractivity contribution in [3.05, 3.63) is 59.9 Å². The van der Waals surface area contributed by atoms with Gasteiger partial charge in [-0.3, -0.25) is 9.78 Å². The lowest BCUT2D eigenvalue weighted by Crippen LogP contribution is -2.19. The van der Waals surface area contributed by atoms with E-state index in [-0.39, 0.29) is 5.91 Å². The summed E-state index contributed by atoms with van der Waals surface area (Å²) in [5.74, 6) is -0.00269. The number of nitrogens with zero attached hydrogens (tertiary/aromatic N) is 3. The molecule has 21 heavy (non-hydrogen) atoms. The summed E-state index contributed by atoms with van der Waals surface area (Å²) >= 11 is 0. The molecule has 0 spiro atoms. The predicted octanol–water partition coefficient (Wildman–Crippen LogP) is 3.18. The Labute approximate surface area is 124 Å². The zero-order valence-corrected chi connectivity index (χ0v) is 12.0. The van der Waals surface area contributed by atoms with Crippen molar-refractivity contribution in [2.75, 3.05) is 5.01 Å². The molecule has 2 aromatic rings. The summed E-state index contributed by atoms with van der Waals surface area (Å²) in [6.45, 7) is 2.16. The van der Waals surface area contributed by atoms with Crippen LogP contribution in [0.1, 0.15) is 30.9 Å². The van der Waals surface area contributed by atoms with Gasteiger partial charge < -0.3 is 0 Å². The minimum atomic E-state index is -0.00269. The highest BCUT2D eigenvalue weighted by molar-refractivity contribution is 6.19. The fourth-order valence-electron chi connectivity index (χ4n) is 2.42. The van der Waals surface area contributed by atoms with Gasteiger partial charge in [-0.1, -0.05) is 25.5 Å². The van der Waals surface area contributed by atoms with Gasteiger partial charge in [0.2, 0.25) is 0 Å². The van der Waals surface area contributed by atoms with Crippen LogP contribution in [0, 0.1) is 0 Å². The first-order valence-corrected chi connectivity index (χ1v) is 7.17. The normalized spacial score (nSPS) is 14.4. The largest absolute Gasteiger partial charge is 0.272 e. The number of hydrazone groups is 1. The van der Waals surface area contributed by atoms with Gasteiger partial charge >= 0.3 is 0 Å². The molecule has 0 aliphatic carbocycles. The zero-order chi connectivity index (χ0) is 14.7. The van der Waals surface area contributed by atoms with Crippen LogP contribution in [0.15, 0.2) is 53.9 Å². The van der Waals surface area contributed by atoms with E-state index in [1.54, 1.807) is 12.4 Å². The Bertz CT molecular complexity index is 662. The molecule has 1 aliphatic heterocycles. The number of anilines is 1. The molecular weight excluding hydrogens is 262 g/mol. The topological polar surface area (TPSA) is 45.6 Å². The maximum Gasteiger partial charge on any atom is 0.253 e. The van der Waals surface area contributed by atoms with Gasteiger partial charge in [0.1, 0.15) is 0 Å². The molecule has 106 valence electrons. The number of amides is 1. The number of benzene rings is 1. The lowest BCUT2D eigenvalue weighted by Gasteiger charge is -2.12. The average Bonchev–Trinajstić information content (AvgIpc) is 2.91. The Balaban J connectivity index is 1.85. The van der Waals surface area contributed by atoms with Crippen LogP contribution < -0.4 is 5.01 Å². The Kier molecular flexibility index (Phi) is 3.77. The molecule has 0 unspecified atom stereocenters. The van der Waals surface area contributed by atoms with E-state index in [1.807, 2.05) is 24.3 Å². The molecule has 1 aromatic heterocycles. The third kappa shape index (κ3) is 2.84. The van der Waals surface area contributed by atoms with Gasteiger partial charge in [-0.15, -0.1) is 0 Å². The Morgan fingerprint density at radius 3 is 2.67 bits per heavy atom. The van der Waals surface area contributed by atoms with Crippen molar-refractivity contribution in [1.29, 1.82) is 0 Å². The molecule has 4 heteroatoms. The molecule has 0 fully saturated rings. The monoisotopic (exact) mass is 279 g/mol. The number of aryl methyl sites for hydroxylation is 1. The second-order valence-electron chi connectivity index (χ2n) is 5.09. The standard InChI is InChI=1S/C17H17N3O/c1-2-4-13-6-8-15(9-7-13)20-17(21)11-16(19-20)14-5-3-10-18-12-14/h3,5-10,12H,2,4,11H2,1H3. The van der Waals surface area contributed by atoms with Crippen molar-refractivity contribution in [3.8, 4) is 0 Å². The van der Waals surface area contributed by atoms with E-state index in [9.17, 15) is 4.79 Å². The second-order valence-corrected chi connectivity index (χ2v) is 5.09. The number of aromatic nitrogens is 1. The van der Waals surface area contributed by atoms with Crippen LogP contribution in [-0.2, 0) is 11.2 Å². The van der Waals surface area contributed by atoms with Crippen molar-refractivity contribution >= 4 is 17.3 Å². The smallest absolute Gasteiger partial charge is 0.253 e. The first-order valence-electron chi connectivity index (χ1n) is 7.17. The van der Waals surface area contributed by atoms with Crippen molar-refractivity contribution < 1.29 is 4.79 Å². The highest BCUT2D eigenvalue weighted by Gasteiger charge is 2.26. The summed E-state index contributed by atoms with van der Waals surface area (Å²) in [4.78, 5) is 16.2. The molecule has 0 radical (unpaired) electrons. The minimum absolute atomic E-state index is 0.00269. The molecule has 1 aromatic carbocycles. The summed E-state index contributed by atoms with van der Waals surface area (Å²) in [5.41, 5.74) is 3.77. The molecular formula is C17H17N3O. The summed E-state index contributed by atoms with van der Waals surface area (Å²) in [6, 6.07) is 11.8. The van der Waals surface area contributed by atoms with E-state index in [4.69, 9.17) is 0 Å². The number of pyridine rings is 1. The van der Waals surface area contributed by atoms with Crippen LogP contribution in [0.4, 0.5) is 5.69 Å². The van der Waals surface area contributed by atoms with Gasteiger partial charge in [0, 0.05) is 18.0 Å². The third-order valence-corrected chi connectivity index (χ3v) is 3.49. The lowest BCUT2D eigenvalue weighted by atomic mass is 10.1. The van der Waals surface area contributed by atoms with Crippen molar-refractivity contribution in [3.63, 3.8) is 0 Å².